The maximum atomic E-state index is 12.2. The Balaban J connectivity index is 2.11. The second-order valence-electron chi connectivity index (χ2n) is 5.79. The van der Waals surface area contributed by atoms with Crippen LogP contribution < -0.4 is 9.46 Å². The first kappa shape index (κ1) is 17.5. The molecular weight excluding hydrogens is 310 g/mol. The Morgan fingerprint density at radius 2 is 1.78 bits per heavy atom. The van der Waals surface area contributed by atoms with Gasteiger partial charge in [-0.05, 0) is 23.1 Å². The van der Waals surface area contributed by atoms with Gasteiger partial charge in [-0.25, -0.2) is 13.1 Å². The van der Waals surface area contributed by atoms with Gasteiger partial charge in [-0.3, -0.25) is 0 Å². The summed E-state index contributed by atoms with van der Waals surface area (Å²) in [6.07, 6.45) is 0. The summed E-state index contributed by atoms with van der Waals surface area (Å²) in [5.41, 5.74) is 2.77. The first-order valence-electron chi connectivity index (χ1n) is 7.59. The SMILES string of the molecule is COc1ccc(C(C)C)cc1CNS(=O)(=O)Cc1ccccc1. The third-order valence-electron chi connectivity index (χ3n) is 3.65. The van der Waals surface area contributed by atoms with Crippen LogP contribution in [0.3, 0.4) is 0 Å². The second kappa shape index (κ2) is 7.62. The molecule has 124 valence electrons. The van der Waals surface area contributed by atoms with E-state index in [4.69, 9.17) is 4.74 Å². The van der Waals surface area contributed by atoms with Crippen molar-refractivity contribution in [3.63, 3.8) is 0 Å². The molecule has 0 spiro atoms. The van der Waals surface area contributed by atoms with Crippen LogP contribution in [0, 0.1) is 0 Å². The number of hydrogen-bond donors (Lipinski definition) is 1. The highest BCUT2D eigenvalue weighted by Crippen LogP contribution is 2.24. The van der Waals surface area contributed by atoms with Crippen molar-refractivity contribution in [1.82, 2.24) is 4.72 Å². The van der Waals surface area contributed by atoms with Crippen molar-refractivity contribution in [1.29, 1.82) is 0 Å². The van der Waals surface area contributed by atoms with E-state index in [-0.39, 0.29) is 12.3 Å². The molecule has 1 N–H and O–H groups in total. The van der Waals surface area contributed by atoms with E-state index in [1.807, 2.05) is 36.4 Å². The van der Waals surface area contributed by atoms with Crippen LogP contribution in [-0.2, 0) is 22.3 Å². The summed E-state index contributed by atoms with van der Waals surface area (Å²) in [5.74, 6) is 1.04. The maximum absolute atomic E-state index is 12.2. The van der Waals surface area contributed by atoms with Gasteiger partial charge in [0.1, 0.15) is 5.75 Å². The lowest BCUT2D eigenvalue weighted by Crippen LogP contribution is -2.25. The first-order valence-corrected chi connectivity index (χ1v) is 9.24. The van der Waals surface area contributed by atoms with E-state index >= 15 is 0 Å². The lowest BCUT2D eigenvalue weighted by Gasteiger charge is -2.14. The summed E-state index contributed by atoms with van der Waals surface area (Å²) in [6, 6.07) is 15.0. The first-order chi connectivity index (χ1) is 10.9. The van der Waals surface area contributed by atoms with E-state index in [1.165, 1.54) is 0 Å². The van der Waals surface area contributed by atoms with Crippen LogP contribution in [0.5, 0.6) is 5.75 Å². The van der Waals surface area contributed by atoms with Crippen molar-refractivity contribution >= 4 is 10.0 Å². The van der Waals surface area contributed by atoms with Gasteiger partial charge in [0.05, 0.1) is 12.9 Å². The molecular formula is C18H23NO3S. The molecule has 0 aliphatic heterocycles. The lowest BCUT2D eigenvalue weighted by atomic mass is 10.0. The fourth-order valence-corrected chi connectivity index (χ4v) is 3.44. The number of methoxy groups -OCH3 is 1. The van der Waals surface area contributed by atoms with Crippen molar-refractivity contribution in [3.05, 3.63) is 65.2 Å². The Kier molecular flexibility index (Phi) is 5.80. The third-order valence-corrected chi connectivity index (χ3v) is 4.95. The molecule has 0 saturated carbocycles. The Labute approximate surface area is 138 Å². The number of nitrogens with one attached hydrogen (secondary N) is 1. The predicted molar refractivity (Wildman–Crippen MR) is 93.0 cm³/mol. The van der Waals surface area contributed by atoms with Crippen LogP contribution in [0.2, 0.25) is 0 Å². The molecule has 2 aromatic carbocycles. The molecule has 0 heterocycles. The van der Waals surface area contributed by atoms with E-state index in [0.29, 0.717) is 11.7 Å². The summed E-state index contributed by atoms with van der Waals surface area (Å²) in [5, 5.41) is 0. The van der Waals surface area contributed by atoms with Crippen molar-refractivity contribution < 1.29 is 13.2 Å². The number of rotatable bonds is 7. The molecule has 2 aromatic rings. The molecule has 4 nitrogen and oxygen atoms in total. The standard InChI is InChI=1S/C18H23NO3S/c1-14(2)16-9-10-18(22-3)17(11-16)12-19-23(20,21)13-15-7-5-4-6-8-15/h4-11,14,19H,12-13H2,1-3H3. The van der Waals surface area contributed by atoms with E-state index in [1.54, 1.807) is 19.2 Å². The summed E-state index contributed by atoms with van der Waals surface area (Å²) in [4.78, 5) is 0. The van der Waals surface area contributed by atoms with Gasteiger partial charge >= 0.3 is 0 Å². The molecule has 0 aromatic heterocycles. The highest BCUT2D eigenvalue weighted by molar-refractivity contribution is 7.88. The molecule has 0 atom stereocenters. The minimum atomic E-state index is -3.40. The van der Waals surface area contributed by atoms with Gasteiger partial charge in [0, 0.05) is 12.1 Å². The smallest absolute Gasteiger partial charge is 0.216 e. The molecule has 0 radical (unpaired) electrons. The third kappa shape index (κ3) is 5.08. The molecule has 0 saturated heterocycles. The fourth-order valence-electron chi connectivity index (χ4n) is 2.33. The number of benzene rings is 2. The van der Waals surface area contributed by atoms with Gasteiger partial charge in [-0.1, -0.05) is 56.3 Å². The zero-order valence-electron chi connectivity index (χ0n) is 13.7. The van der Waals surface area contributed by atoms with Crippen molar-refractivity contribution in [2.75, 3.05) is 7.11 Å². The maximum Gasteiger partial charge on any atom is 0.216 e. The van der Waals surface area contributed by atoms with Gasteiger partial charge in [-0.2, -0.15) is 0 Å². The van der Waals surface area contributed by atoms with E-state index in [2.05, 4.69) is 18.6 Å². The average Bonchev–Trinajstić information content (AvgIpc) is 2.53. The van der Waals surface area contributed by atoms with Crippen molar-refractivity contribution in [2.45, 2.75) is 32.1 Å². The molecule has 0 aliphatic rings. The van der Waals surface area contributed by atoms with Crippen LogP contribution in [0.1, 0.15) is 36.5 Å². The molecule has 23 heavy (non-hydrogen) atoms. The van der Waals surface area contributed by atoms with Crippen LogP contribution in [0.25, 0.3) is 0 Å². The molecule has 0 unspecified atom stereocenters. The van der Waals surface area contributed by atoms with Gasteiger partial charge in [-0.15, -0.1) is 0 Å². The second-order valence-corrected chi connectivity index (χ2v) is 7.60. The summed E-state index contributed by atoms with van der Waals surface area (Å²) < 4.78 is 32.5. The summed E-state index contributed by atoms with van der Waals surface area (Å²) in [6.45, 7) is 4.43. The van der Waals surface area contributed by atoms with Gasteiger partial charge in [0.15, 0.2) is 0 Å². The van der Waals surface area contributed by atoms with Crippen LogP contribution in [0.4, 0.5) is 0 Å². The molecule has 0 amide bonds. The quantitative estimate of drug-likeness (QED) is 0.844. The Morgan fingerprint density at radius 3 is 2.39 bits per heavy atom. The topological polar surface area (TPSA) is 55.4 Å². The van der Waals surface area contributed by atoms with Gasteiger partial charge in [0.2, 0.25) is 10.0 Å². The number of sulfonamides is 1. The highest BCUT2D eigenvalue weighted by Gasteiger charge is 2.13. The minimum absolute atomic E-state index is 0.0278. The zero-order chi connectivity index (χ0) is 16.9. The number of ether oxygens (including phenoxy) is 1. The van der Waals surface area contributed by atoms with Crippen LogP contribution >= 0.6 is 0 Å². The largest absolute Gasteiger partial charge is 0.496 e. The molecule has 0 bridgehead atoms. The molecule has 2 rings (SSSR count). The highest BCUT2D eigenvalue weighted by atomic mass is 32.2. The van der Waals surface area contributed by atoms with Crippen LogP contribution in [0.15, 0.2) is 48.5 Å². The van der Waals surface area contributed by atoms with Crippen molar-refractivity contribution in [3.8, 4) is 5.75 Å². The Hall–Kier alpha value is -1.85. The molecule has 5 heteroatoms. The summed E-state index contributed by atoms with van der Waals surface area (Å²) in [7, 11) is -1.81. The van der Waals surface area contributed by atoms with E-state index in [9.17, 15) is 8.42 Å². The van der Waals surface area contributed by atoms with Crippen LogP contribution in [-0.4, -0.2) is 15.5 Å². The molecule has 0 aliphatic carbocycles. The minimum Gasteiger partial charge on any atom is -0.496 e. The lowest BCUT2D eigenvalue weighted by molar-refractivity contribution is 0.409. The van der Waals surface area contributed by atoms with E-state index < -0.39 is 10.0 Å². The Bertz CT molecular complexity index is 740. The van der Waals surface area contributed by atoms with Gasteiger partial charge < -0.3 is 4.74 Å². The average molecular weight is 333 g/mol. The monoisotopic (exact) mass is 333 g/mol. The Morgan fingerprint density at radius 1 is 1.09 bits per heavy atom. The molecule has 0 fully saturated rings. The normalized spacial score (nSPS) is 11.7. The van der Waals surface area contributed by atoms with E-state index in [0.717, 1.165) is 16.7 Å². The predicted octanol–water partition coefficient (Wildman–Crippen LogP) is 3.44. The van der Waals surface area contributed by atoms with Gasteiger partial charge in [0.25, 0.3) is 0 Å². The number of hydrogen-bond acceptors (Lipinski definition) is 3. The summed E-state index contributed by atoms with van der Waals surface area (Å²) >= 11 is 0. The zero-order valence-corrected chi connectivity index (χ0v) is 14.6. The van der Waals surface area contributed by atoms with Crippen molar-refractivity contribution in [2.24, 2.45) is 0 Å². The fraction of sp³-hybridized carbons (Fsp3) is 0.333.